The molecule has 300 valence electrons. The molecule has 0 saturated carbocycles. The quantitative estimate of drug-likeness (QED) is 0.121. The molecule has 4 aromatic carbocycles. The Labute approximate surface area is 352 Å². The highest BCUT2D eigenvalue weighted by atomic mass is 35.5. The minimum Gasteiger partial charge on any atom is -0.497 e. The van der Waals surface area contributed by atoms with E-state index in [4.69, 9.17) is 36.3 Å². The van der Waals surface area contributed by atoms with Gasteiger partial charge in [0.2, 0.25) is 10.3 Å². The van der Waals surface area contributed by atoms with Gasteiger partial charge in [-0.3, -0.25) is 9.80 Å². The summed E-state index contributed by atoms with van der Waals surface area (Å²) in [5, 5.41) is 11.6. The lowest BCUT2D eigenvalue weighted by Crippen LogP contribution is -2.47. The van der Waals surface area contributed by atoms with Crippen LogP contribution in [0.3, 0.4) is 0 Å². The molecular weight excluding hydrogens is 793 g/mol. The number of methoxy groups -OCH3 is 2. The molecule has 0 atom stereocenters. The lowest BCUT2D eigenvalue weighted by Gasteiger charge is -2.34. The summed E-state index contributed by atoms with van der Waals surface area (Å²) in [7, 11) is 3.17. The fourth-order valence-corrected chi connectivity index (χ4v) is 8.38. The summed E-state index contributed by atoms with van der Waals surface area (Å²) in [6, 6.07) is 30.6. The number of halogens is 2. The van der Waals surface area contributed by atoms with E-state index in [1.54, 1.807) is 31.4 Å². The van der Waals surface area contributed by atoms with Crippen LogP contribution in [-0.2, 0) is 12.8 Å². The number of hydrogen-bond donors (Lipinski definition) is 0. The Bertz CT molecular complexity index is 2250. The van der Waals surface area contributed by atoms with Crippen molar-refractivity contribution in [1.82, 2.24) is 28.5 Å². The Hall–Kier alpha value is -5.17. The standard InChI is InChI=1S/C22H23N5OS.C21H22ClFN4OS/c1-28-20-8-4-17(5-9-20)10-11-26-12-14-27(15-13-26)22-24-21(25-29-22)19-6-2-18(16-23)3-7-19;1-28-19-7-2-15(14-18(19)23)8-9-26-10-12-27(13-11-26)21-24-20(25-29-21)16-3-5-17(22)6-4-16/h2-9H,10-15H2,1H3;2-7,14H,8-13H2,1H3. The lowest BCUT2D eigenvalue weighted by molar-refractivity contribution is 0.261. The van der Waals surface area contributed by atoms with Gasteiger partial charge in [0.25, 0.3) is 0 Å². The molecule has 4 heterocycles. The zero-order valence-corrected chi connectivity index (χ0v) is 34.9. The van der Waals surface area contributed by atoms with Gasteiger partial charge in [0, 0.05) is 105 Å². The lowest BCUT2D eigenvalue weighted by atomic mass is 10.1. The van der Waals surface area contributed by atoms with E-state index >= 15 is 0 Å². The second-order valence-corrected chi connectivity index (χ2v) is 15.9. The first kappa shape index (κ1) is 41.0. The molecular formula is C43H45ClFN9O2S2. The summed E-state index contributed by atoms with van der Waals surface area (Å²) in [6.07, 6.45) is 1.87. The largest absolute Gasteiger partial charge is 0.497 e. The third kappa shape index (κ3) is 10.9. The van der Waals surface area contributed by atoms with Crippen molar-refractivity contribution in [2.45, 2.75) is 12.8 Å². The van der Waals surface area contributed by atoms with Crippen molar-refractivity contribution in [1.29, 1.82) is 5.26 Å². The maximum absolute atomic E-state index is 13.8. The Morgan fingerprint density at radius 3 is 1.64 bits per heavy atom. The van der Waals surface area contributed by atoms with Crippen LogP contribution in [-0.4, -0.2) is 108 Å². The second-order valence-electron chi connectivity index (χ2n) is 14.0. The van der Waals surface area contributed by atoms with Gasteiger partial charge in [0.1, 0.15) is 5.75 Å². The molecule has 58 heavy (non-hydrogen) atoms. The van der Waals surface area contributed by atoms with Gasteiger partial charge >= 0.3 is 0 Å². The molecule has 2 aliphatic rings. The smallest absolute Gasteiger partial charge is 0.205 e. The van der Waals surface area contributed by atoms with Crippen LogP contribution in [0.2, 0.25) is 5.02 Å². The van der Waals surface area contributed by atoms with Crippen LogP contribution in [0, 0.1) is 17.1 Å². The molecule has 0 amide bonds. The number of ether oxygens (including phenoxy) is 2. The van der Waals surface area contributed by atoms with E-state index in [9.17, 15) is 4.39 Å². The van der Waals surface area contributed by atoms with E-state index in [0.29, 0.717) is 10.6 Å². The minimum absolute atomic E-state index is 0.289. The molecule has 0 aliphatic carbocycles. The predicted octanol–water partition coefficient (Wildman–Crippen LogP) is 7.82. The number of nitrogens with zero attached hydrogens (tertiary/aromatic N) is 9. The summed E-state index contributed by atoms with van der Waals surface area (Å²) < 4.78 is 33.0. The van der Waals surface area contributed by atoms with Gasteiger partial charge < -0.3 is 19.3 Å². The molecule has 6 aromatic rings. The first-order chi connectivity index (χ1) is 28.4. The molecule has 2 saturated heterocycles. The van der Waals surface area contributed by atoms with Gasteiger partial charge in [-0.2, -0.15) is 24.0 Å². The van der Waals surface area contributed by atoms with Crippen molar-refractivity contribution in [3.8, 4) is 40.3 Å². The van der Waals surface area contributed by atoms with Gasteiger partial charge in [-0.1, -0.05) is 29.8 Å². The molecule has 2 fully saturated rings. The molecule has 0 N–H and O–H groups in total. The van der Waals surface area contributed by atoms with E-state index in [-0.39, 0.29) is 11.6 Å². The summed E-state index contributed by atoms with van der Waals surface area (Å²) in [6.45, 7) is 9.68. The van der Waals surface area contributed by atoms with Crippen LogP contribution in [0.15, 0.2) is 91.0 Å². The van der Waals surface area contributed by atoms with Crippen molar-refractivity contribution in [2.75, 3.05) is 89.5 Å². The average molecular weight is 838 g/mol. The van der Waals surface area contributed by atoms with Crippen molar-refractivity contribution in [2.24, 2.45) is 0 Å². The molecule has 2 aromatic heterocycles. The minimum atomic E-state index is -0.303. The van der Waals surface area contributed by atoms with Crippen LogP contribution in [0.4, 0.5) is 14.7 Å². The van der Waals surface area contributed by atoms with Crippen LogP contribution in [0.25, 0.3) is 22.8 Å². The van der Waals surface area contributed by atoms with Gasteiger partial charge in [-0.05, 0) is 96.8 Å². The number of rotatable bonds is 12. The third-order valence-electron chi connectivity index (χ3n) is 10.3. The molecule has 2 aliphatic heterocycles. The fraction of sp³-hybridized carbons (Fsp3) is 0.326. The highest BCUT2D eigenvalue weighted by molar-refractivity contribution is 7.10. The van der Waals surface area contributed by atoms with Gasteiger partial charge in [-0.25, -0.2) is 4.39 Å². The molecule has 11 nitrogen and oxygen atoms in total. The first-order valence-corrected chi connectivity index (χ1v) is 21.1. The van der Waals surface area contributed by atoms with Crippen LogP contribution >= 0.6 is 34.7 Å². The summed E-state index contributed by atoms with van der Waals surface area (Å²) in [4.78, 5) is 18.9. The summed E-state index contributed by atoms with van der Waals surface area (Å²) in [5.41, 5.74) is 4.90. The third-order valence-corrected chi connectivity index (χ3v) is 12.1. The Morgan fingerprint density at radius 1 is 0.655 bits per heavy atom. The monoisotopic (exact) mass is 837 g/mol. The maximum Gasteiger partial charge on any atom is 0.205 e. The second kappa shape index (κ2) is 20.0. The van der Waals surface area contributed by atoms with Crippen LogP contribution < -0.4 is 19.3 Å². The zero-order chi connectivity index (χ0) is 40.3. The van der Waals surface area contributed by atoms with Gasteiger partial charge in [0.15, 0.2) is 23.2 Å². The van der Waals surface area contributed by atoms with Crippen molar-refractivity contribution in [3.05, 3.63) is 119 Å². The normalized spacial score (nSPS) is 14.7. The highest BCUT2D eigenvalue weighted by Crippen LogP contribution is 2.27. The van der Waals surface area contributed by atoms with E-state index in [1.165, 1.54) is 35.7 Å². The summed E-state index contributed by atoms with van der Waals surface area (Å²) >= 11 is 8.83. The van der Waals surface area contributed by atoms with E-state index in [1.807, 2.05) is 54.6 Å². The number of aromatic nitrogens is 4. The van der Waals surface area contributed by atoms with Crippen LogP contribution in [0.5, 0.6) is 11.5 Å². The number of piperazine rings is 2. The number of nitriles is 1. The van der Waals surface area contributed by atoms with Gasteiger partial charge in [0.05, 0.1) is 25.9 Å². The van der Waals surface area contributed by atoms with Crippen molar-refractivity contribution in [3.63, 3.8) is 0 Å². The maximum atomic E-state index is 13.8. The highest BCUT2D eigenvalue weighted by Gasteiger charge is 2.22. The van der Waals surface area contributed by atoms with Crippen molar-refractivity contribution >= 4 is 44.9 Å². The predicted molar refractivity (Wildman–Crippen MR) is 231 cm³/mol. The van der Waals surface area contributed by atoms with E-state index < -0.39 is 0 Å². The molecule has 0 spiro atoms. The SMILES string of the molecule is COc1ccc(CCN2CCN(c3nc(-c4ccc(C#N)cc4)ns3)CC2)cc1.COc1ccc(CCN2CCN(c3nc(-c4ccc(Cl)cc4)ns3)CC2)cc1F. The van der Waals surface area contributed by atoms with Crippen LogP contribution in [0.1, 0.15) is 16.7 Å². The van der Waals surface area contributed by atoms with E-state index in [0.717, 1.165) is 123 Å². The number of hydrogen-bond acceptors (Lipinski definition) is 13. The van der Waals surface area contributed by atoms with Crippen molar-refractivity contribution < 1.29 is 13.9 Å². The first-order valence-electron chi connectivity index (χ1n) is 19.2. The number of anilines is 2. The fourth-order valence-electron chi connectivity index (χ4n) is 6.77. The molecule has 0 unspecified atom stereocenters. The Balaban J connectivity index is 0.000000177. The molecule has 0 radical (unpaired) electrons. The Kier molecular flexibility index (Phi) is 14.1. The molecule has 8 rings (SSSR count). The topological polar surface area (TPSA) is 107 Å². The molecule has 15 heteroatoms. The van der Waals surface area contributed by atoms with E-state index in [2.05, 4.69) is 46.5 Å². The number of benzene rings is 4. The van der Waals surface area contributed by atoms with Gasteiger partial charge in [-0.15, -0.1) is 0 Å². The molecule has 0 bridgehead atoms. The Morgan fingerprint density at radius 2 is 1.16 bits per heavy atom. The summed E-state index contributed by atoms with van der Waals surface area (Å²) in [5.74, 6) is 2.36. The zero-order valence-electron chi connectivity index (χ0n) is 32.6. The average Bonchev–Trinajstić information content (AvgIpc) is 3.98.